The van der Waals surface area contributed by atoms with Gasteiger partial charge in [0.15, 0.2) is 5.82 Å². The Morgan fingerprint density at radius 2 is 2.06 bits per heavy atom. The average molecular weight is 249 g/mol. The minimum absolute atomic E-state index is 0.734. The Labute approximate surface area is 107 Å². The largest absolute Gasteiger partial charge is 0.352 e. The second-order valence-corrected chi connectivity index (χ2v) is 5.85. The standard InChI is InChI=1S/C13H19N3S/c1-17-13-7-6-12(14-15-13)16-9-8-10-4-2-3-5-11(10)16/h6-7,10-11H,2-5,8-9H2,1H3. The summed E-state index contributed by atoms with van der Waals surface area (Å²) in [5.74, 6) is 1.99. The van der Waals surface area contributed by atoms with Crippen LogP contribution in [0, 0.1) is 5.92 Å². The van der Waals surface area contributed by atoms with Gasteiger partial charge in [-0.2, -0.15) is 0 Å². The molecule has 1 saturated carbocycles. The number of anilines is 1. The zero-order chi connectivity index (χ0) is 11.7. The van der Waals surface area contributed by atoms with Gasteiger partial charge in [-0.25, -0.2) is 0 Å². The Balaban J connectivity index is 1.78. The summed E-state index contributed by atoms with van der Waals surface area (Å²) >= 11 is 1.65. The van der Waals surface area contributed by atoms with Gasteiger partial charge in [0.2, 0.25) is 0 Å². The predicted molar refractivity (Wildman–Crippen MR) is 71.5 cm³/mol. The molecule has 0 N–H and O–H groups in total. The fraction of sp³-hybridized carbons (Fsp3) is 0.692. The summed E-state index contributed by atoms with van der Waals surface area (Å²) in [7, 11) is 0. The molecule has 3 nitrogen and oxygen atoms in total. The molecule has 0 bridgehead atoms. The molecule has 92 valence electrons. The van der Waals surface area contributed by atoms with Crippen LogP contribution in [-0.2, 0) is 0 Å². The van der Waals surface area contributed by atoms with Crippen molar-refractivity contribution in [2.45, 2.75) is 43.2 Å². The molecular formula is C13H19N3S. The van der Waals surface area contributed by atoms with Crippen LogP contribution >= 0.6 is 11.8 Å². The van der Waals surface area contributed by atoms with Crippen LogP contribution in [-0.4, -0.2) is 29.0 Å². The summed E-state index contributed by atoms with van der Waals surface area (Å²) in [4.78, 5) is 2.49. The molecule has 0 spiro atoms. The lowest BCUT2D eigenvalue weighted by atomic mass is 9.85. The predicted octanol–water partition coefficient (Wildman–Crippen LogP) is 2.97. The van der Waals surface area contributed by atoms with Crippen LogP contribution in [0.15, 0.2) is 17.2 Å². The molecule has 0 amide bonds. The summed E-state index contributed by atoms with van der Waals surface area (Å²) in [5.41, 5.74) is 0. The van der Waals surface area contributed by atoms with Crippen molar-refractivity contribution in [1.29, 1.82) is 0 Å². The fourth-order valence-electron chi connectivity index (χ4n) is 3.27. The third kappa shape index (κ3) is 2.15. The van der Waals surface area contributed by atoms with E-state index in [0.29, 0.717) is 0 Å². The Hall–Kier alpha value is -0.770. The van der Waals surface area contributed by atoms with Gasteiger partial charge in [-0.1, -0.05) is 12.8 Å². The second kappa shape index (κ2) is 4.84. The molecule has 2 aliphatic rings. The molecule has 0 radical (unpaired) electrons. The molecule has 4 heteroatoms. The van der Waals surface area contributed by atoms with Crippen molar-refractivity contribution < 1.29 is 0 Å². The molecule has 1 aromatic heterocycles. The molecule has 1 aliphatic carbocycles. The van der Waals surface area contributed by atoms with Gasteiger partial charge in [0.05, 0.1) is 0 Å². The van der Waals surface area contributed by atoms with Crippen molar-refractivity contribution in [3.05, 3.63) is 12.1 Å². The van der Waals surface area contributed by atoms with Crippen LogP contribution in [0.2, 0.25) is 0 Å². The van der Waals surface area contributed by atoms with Crippen LogP contribution in [0.25, 0.3) is 0 Å². The summed E-state index contributed by atoms with van der Waals surface area (Å²) in [6.45, 7) is 1.17. The molecule has 2 fully saturated rings. The number of fused-ring (bicyclic) bond motifs is 1. The highest BCUT2D eigenvalue weighted by molar-refractivity contribution is 7.98. The van der Waals surface area contributed by atoms with E-state index in [0.717, 1.165) is 22.8 Å². The lowest BCUT2D eigenvalue weighted by molar-refractivity contribution is 0.341. The van der Waals surface area contributed by atoms with Gasteiger partial charge in [0, 0.05) is 12.6 Å². The molecule has 1 aromatic rings. The van der Waals surface area contributed by atoms with E-state index in [1.807, 2.05) is 6.26 Å². The molecule has 1 aliphatic heterocycles. The molecule has 2 atom stereocenters. The fourth-order valence-corrected chi connectivity index (χ4v) is 3.59. The van der Waals surface area contributed by atoms with Gasteiger partial charge in [-0.05, 0) is 43.6 Å². The van der Waals surface area contributed by atoms with Gasteiger partial charge < -0.3 is 4.90 Å². The van der Waals surface area contributed by atoms with Crippen LogP contribution in [0.1, 0.15) is 32.1 Å². The molecule has 2 unspecified atom stereocenters. The summed E-state index contributed by atoms with van der Waals surface area (Å²) < 4.78 is 0. The van der Waals surface area contributed by atoms with Gasteiger partial charge >= 0.3 is 0 Å². The van der Waals surface area contributed by atoms with E-state index in [2.05, 4.69) is 27.2 Å². The summed E-state index contributed by atoms with van der Waals surface area (Å²) in [5, 5.41) is 9.64. The number of nitrogens with zero attached hydrogens (tertiary/aromatic N) is 3. The Bertz CT molecular complexity index is 379. The van der Waals surface area contributed by atoms with Crippen LogP contribution in [0.5, 0.6) is 0 Å². The monoisotopic (exact) mass is 249 g/mol. The van der Waals surface area contributed by atoms with E-state index >= 15 is 0 Å². The summed E-state index contributed by atoms with van der Waals surface area (Å²) in [6, 6.07) is 4.96. The minimum atomic E-state index is 0.734. The van der Waals surface area contributed by atoms with Gasteiger partial charge in [-0.3, -0.25) is 0 Å². The summed E-state index contributed by atoms with van der Waals surface area (Å²) in [6.07, 6.45) is 8.95. The number of thioether (sulfide) groups is 1. The highest BCUT2D eigenvalue weighted by Crippen LogP contribution is 2.38. The van der Waals surface area contributed by atoms with E-state index in [4.69, 9.17) is 0 Å². The topological polar surface area (TPSA) is 29.0 Å². The Morgan fingerprint density at radius 1 is 1.18 bits per heavy atom. The quantitative estimate of drug-likeness (QED) is 0.754. The normalized spacial score (nSPS) is 28.2. The maximum absolute atomic E-state index is 4.38. The molecule has 0 aromatic carbocycles. The smallest absolute Gasteiger partial charge is 0.151 e. The van der Waals surface area contributed by atoms with Crippen molar-refractivity contribution in [2.75, 3.05) is 17.7 Å². The molecular weight excluding hydrogens is 230 g/mol. The zero-order valence-electron chi connectivity index (χ0n) is 10.3. The molecule has 3 rings (SSSR count). The lowest BCUT2D eigenvalue weighted by Gasteiger charge is -2.32. The number of hydrogen-bond donors (Lipinski definition) is 0. The van der Waals surface area contributed by atoms with Gasteiger partial charge in [0.1, 0.15) is 5.03 Å². The Kier molecular flexibility index (Phi) is 3.23. The number of aromatic nitrogens is 2. The van der Waals surface area contributed by atoms with Gasteiger partial charge in [0.25, 0.3) is 0 Å². The van der Waals surface area contributed by atoms with E-state index in [1.165, 1.54) is 38.6 Å². The second-order valence-electron chi connectivity index (χ2n) is 5.03. The highest BCUT2D eigenvalue weighted by atomic mass is 32.2. The number of hydrogen-bond acceptors (Lipinski definition) is 4. The van der Waals surface area contributed by atoms with Crippen molar-refractivity contribution >= 4 is 17.6 Å². The van der Waals surface area contributed by atoms with Crippen molar-refractivity contribution in [3.8, 4) is 0 Å². The van der Waals surface area contributed by atoms with Crippen LogP contribution in [0.3, 0.4) is 0 Å². The number of rotatable bonds is 2. The maximum Gasteiger partial charge on any atom is 0.151 e. The van der Waals surface area contributed by atoms with E-state index in [-0.39, 0.29) is 0 Å². The third-order valence-electron chi connectivity index (χ3n) is 4.14. The van der Waals surface area contributed by atoms with Crippen molar-refractivity contribution in [3.63, 3.8) is 0 Å². The first-order valence-corrected chi connectivity index (χ1v) is 7.75. The molecule has 2 heterocycles. The average Bonchev–Trinajstić information content (AvgIpc) is 2.83. The van der Waals surface area contributed by atoms with E-state index in [1.54, 1.807) is 11.8 Å². The van der Waals surface area contributed by atoms with Crippen LogP contribution < -0.4 is 4.90 Å². The van der Waals surface area contributed by atoms with Crippen molar-refractivity contribution in [2.24, 2.45) is 5.92 Å². The lowest BCUT2D eigenvalue weighted by Crippen LogP contribution is -2.35. The van der Waals surface area contributed by atoms with Gasteiger partial charge in [-0.15, -0.1) is 22.0 Å². The van der Waals surface area contributed by atoms with E-state index in [9.17, 15) is 0 Å². The first-order valence-electron chi connectivity index (χ1n) is 6.53. The third-order valence-corrected chi connectivity index (χ3v) is 4.78. The van der Waals surface area contributed by atoms with Crippen molar-refractivity contribution in [1.82, 2.24) is 10.2 Å². The van der Waals surface area contributed by atoms with Crippen LogP contribution in [0.4, 0.5) is 5.82 Å². The SMILES string of the molecule is CSc1ccc(N2CCC3CCCCC32)nn1. The molecule has 1 saturated heterocycles. The maximum atomic E-state index is 4.38. The van der Waals surface area contributed by atoms with E-state index < -0.39 is 0 Å². The first-order chi connectivity index (χ1) is 8.38. The molecule has 17 heavy (non-hydrogen) atoms. The zero-order valence-corrected chi connectivity index (χ0v) is 11.1. The first kappa shape index (κ1) is 11.3. The highest BCUT2D eigenvalue weighted by Gasteiger charge is 2.36. The Morgan fingerprint density at radius 3 is 2.82 bits per heavy atom. The minimum Gasteiger partial charge on any atom is -0.352 e.